The van der Waals surface area contributed by atoms with Crippen molar-refractivity contribution in [2.24, 2.45) is 0 Å². The van der Waals surface area contributed by atoms with E-state index in [4.69, 9.17) is 5.11 Å². The molecule has 1 rings (SSSR count). The quantitative estimate of drug-likeness (QED) is 0.643. The molecule has 3 heteroatoms. The SMILES string of the molecule is CCCCCCCCC(=O)NCc1ccc(CO)cc1. The first-order chi connectivity index (χ1) is 9.76. The third-order valence-corrected chi connectivity index (χ3v) is 3.45. The fraction of sp³-hybridized carbons (Fsp3) is 0.588. The van der Waals surface area contributed by atoms with Gasteiger partial charge in [-0.25, -0.2) is 0 Å². The lowest BCUT2D eigenvalue weighted by Crippen LogP contribution is -2.22. The van der Waals surface area contributed by atoms with Crippen molar-refractivity contribution in [1.82, 2.24) is 5.32 Å². The van der Waals surface area contributed by atoms with Gasteiger partial charge in [0, 0.05) is 13.0 Å². The number of aliphatic hydroxyl groups is 1. The lowest BCUT2D eigenvalue weighted by Gasteiger charge is -2.06. The summed E-state index contributed by atoms with van der Waals surface area (Å²) in [7, 11) is 0. The van der Waals surface area contributed by atoms with Crippen LogP contribution in [0.15, 0.2) is 24.3 Å². The maximum absolute atomic E-state index is 11.7. The zero-order valence-corrected chi connectivity index (χ0v) is 12.5. The van der Waals surface area contributed by atoms with Crippen LogP contribution in [0, 0.1) is 0 Å². The monoisotopic (exact) mass is 277 g/mol. The Morgan fingerprint density at radius 2 is 1.60 bits per heavy atom. The molecule has 1 aromatic rings. The third kappa shape index (κ3) is 7.29. The number of carbonyl (C=O) groups excluding carboxylic acids is 1. The van der Waals surface area contributed by atoms with E-state index < -0.39 is 0 Å². The van der Waals surface area contributed by atoms with Crippen LogP contribution < -0.4 is 5.32 Å². The first-order valence-corrected chi connectivity index (χ1v) is 7.71. The summed E-state index contributed by atoms with van der Waals surface area (Å²) in [5.74, 6) is 0.131. The highest BCUT2D eigenvalue weighted by molar-refractivity contribution is 5.75. The van der Waals surface area contributed by atoms with Crippen LogP contribution >= 0.6 is 0 Å². The Balaban J connectivity index is 2.10. The van der Waals surface area contributed by atoms with E-state index in [1.54, 1.807) is 0 Å². The minimum Gasteiger partial charge on any atom is -0.392 e. The molecule has 20 heavy (non-hydrogen) atoms. The van der Waals surface area contributed by atoms with Crippen LogP contribution in [0.1, 0.15) is 63.0 Å². The van der Waals surface area contributed by atoms with Crippen molar-refractivity contribution in [3.8, 4) is 0 Å². The van der Waals surface area contributed by atoms with E-state index in [2.05, 4.69) is 12.2 Å². The molecule has 3 nitrogen and oxygen atoms in total. The van der Waals surface area contributed by atoms with Gasteiger partial charge in [-0.15, -0.1) is 0 Å². The van der Waals surface area contributed by atoms with Gasteiger partial charge >= 0.3 is 0 Å². The first-order valence-electron chi connectivity index (χ1n) is 7.71. The molecule has 0 aromatic heterocycles. The van der Waals surface area contributed by atoms with Crippen LogP contribution in [-0.4, -0.2) is 11.0 Å². The molecule has 0 saturated carbocycles. The van der Waals surface area contributed by atoms with E-state index in [-0.39, 0.29) is 12.5 Å². The molecule has 112 valence electrons. The van der Waals surface area contributed by atoms with Gasteiger partial charge in [0.15, 0.2) is 0 Å². The predicted molar refractivity (Wildman–Crippen MR) is 82.2 cm³/mol. The minimum atomic E-state index is 0.0602. The van der Waals surface area contributed by atoms with E-state index in [9.17, 15) is 4.79 Å². The Kier molecular flexibility index (Phi) is 8.72. The van der Waals surface area contributed by atoms with Gasteiger partial charge in [-0.2, -0.15) is 0 Å². The van der Waals surface area contributed by atoms with Crippen LogP contribution in [0.5, 0.6) is 0 Å². The van der Waals surface area contributed by atoms with Gasteiger partial charge in [-0.05, 0) is 17.5 Å². The number of aliphatic hydroxyl groups excluding tert-OH is 1. The van der Waals surface area contributed by atoms with E-state index in [1.807, 2.05) is 24.3 Å². The largest absolute Gasteiger partial charge is 0.392 e. The van der Waals surface area contributed by atoms with Gasteiger partial charge in [0.2, 0.25) is 5.91 Å². The molecule has 0 aliphatic rings. The zero-order chi connectivity index (χ0) is 14.6. The predicted octanol–water partition coefficient (Wildman–Crippen LogP) is 3.55. The maximum Gasteiger partial charge on any atom is 0.220 e. The van der Waals surface area contributed by atoms with Gasteiger partial charge in [-0.1, -0.05) is 63.3 Å². The van der Waals surface area contributed by atoms with Crippen molar-refractivity contribution in [3.05, 3.63) is 35.4 Å². The standard InChI is InChI=1S/C17H27NO2/c1-2-3-4-5-6-7-8-17(20)18-13-15-9-11-16(14-19)12-10-15/h9-12,19H,2-8,13-14H2,1H3,(H,18,20). The van der Waals surface area contributed by atoms with E-state index in [0.717, 1.165) is 24.0 Å². The van der Waals surface area contributed by atoms with E-state index in [0.29, 0.717) is 13.0 Å². The Morgan fingerprint density at radius 3 is 2.25 bits per heavy atom. The zero-order valence-electron chi connectivity index (χ0n) is 12.5. The van der Waals surface area contributed by atoms with Gasteiger partial charge in [0.1, 0.15) is 0 Å². The van der Waals surface area contributed by atoms with Crippen LogP contribution in [0.2, 0.25) is 0 Å². The number of hydrogen-bond donors (Lipinski definition) is 2. The lowest BCUT2D eigenvalue weighted by molar-refractivity contribution is -0.121. The Bertz CT molecular complexity index is 373. The fourth-order valence-corrected chi connectivity index (χ4v) is 2.12. The van der Waals surface area contributed by atoms with E-state index >= 15 is 0 Å². The molecule has 0 heterocycles. The lowest BCUT2D eigenvalue weighted by atomic mass is 10.1. The molecule has 1 aromatic carbocycles. The van der Waals surface area contributed by atoms with Crippen molar-refractivity contribution >= 4 is 5.91 Å². The molecular weight excluding hydrogens is 250 g/mol. The smallest absolute Gasteiger partial charge is 0.220 e. The maximum atomic E-state index is 11.7. The molecule has 0 aliphatic carbocycles. The van der Waals surface area contributed by atoms with Crippen molar-refractivity contribution in [2.45, 2.75) is 65.0 Å². The highest BCUT2D eigenvalue weighted by Crippen LogP contribution is 2.07. The molecule has 0 saturated heterocycles. The van der Waals surface area contributed by atoms with Crippen LogP contribution in [-0.2, 0) is 17.9 Å². The number of rotatable bonds is 10. The molecule has 0 unspecified atom stereocenters. The third-order valence-electron chi connectivity index (χ3n) is 3.45. The number of carbonyl (C=O) groups is 1. The number of nitrogens with one attached hydrogen (secondary N) is 1. The summed E-state index contributed by atoms with van der Waals surface area (Å²) >= 11 is 0. The molecule has 0 radical (unpaired) electrons. The van der Waals surface area contributed by atoms with Crippen molar-refractivity contribution in [3.63, 3.8) is 0 Å². The second-order valence-electron chi connectivity index (χ2n) is 5.27. The topological polar surface area (TPSA) is 49.3 Å². The fourth-order valence-electron chi connectivity index (χ4n) is 2.12. The summed E-state index contributed by atoms with van der Waals surface area (Å²) in [6.45, 7) is 2.84. The van der Waals surface area contributed by atoms with Crippen molar-refractivity contribution in [2.75, 3.05) is 0 Å². The second kappa shape index (κ2) is 10.4. The van der Waals surface area contributed by atoms with Crippen LogP contribution in [0.4, 0.5) is 0 Å². The summed E-state index contributed by atoms with van der Waals surface area (Å²) in [4.78, 5) is 11.7. The Morgan fingerprint density at radius 1 is 1.00 bits per heavy atom. The average molecular weight is 277 g/mol. The highest BCUT2D eigenvalue weighted by atomic mass is 16.3. The summed E-state index contributed by atoms with van der Waals surface area (Å²) in [5, 5.41) is 11.9. The Hall–Kier alpha value is -1.35. The molecular formula is C17H27NO2. The van der Waals surface area contributed by atoms with Gasteiger partial charge in [0.25, 0.3) is 0 Å². The molecule has 0 fully saturated rings. The molecule has 1 amide bonds. The van der Waals surface area contributed by atoms with Crippen LogP contribution in [0.3, 0.4) is 0 Å². The van der Waals surface area contributed by atoms with Crippen LogP contribution in [0.25, 0.3) is 0 Å². The van der Waals surface area contributed by atoms with E-state index in [1.165, 1.54) is 25.7 Å². The molecule has 0 bridgehead atoms. The number of amides is 1. The second-order valence-corrected chi connectivity index (χ2v) is 5.27. The van der Waals surface area contributed by atoms with Crippen molar-refractivity contribution in [1.29, 1.82) is 0 Å². The molecule has 2 N–H and O–H groups in total. The normalized spacial score (nSPS) is 10.5. The summed E-state index contributed by atoms with van der Waals surface area (Å²) in [5.41, 5.74) is 1.96. The number of hydrogen-bond acceptors (Lipinski definition) is 2. The molecule has 0 atom stereocenters. The average Bonchev–Trinajstić information content (AvgIpc) is 2.49. The number of benzene rings is 1. The summed E-state index contributed by atoms with van der Waals surface area (Å²) in [6.07, 6.45) is 7.85. The minimum absolute atomic E-state index is 0.0602. The Labute approximate surface area is 122 Å². The summed E-state index contributed by atoms with van der Waals surface area (Å²) < 4.78 is 0. The first kappa shape index (κ1) is 16.7. The number of unbranched alkanes of at least 4 members (excludes halogenated alkanes) is 5. The van der Waals surface area contributed by atoms with Gasteiger partial charge < -0.3 is 10.4 Å². The molecule has 0 spiro atoms. The summed E-state index contributed by atoms with van der Waals surface area (Å²) in [6, 6.07) is 7.65. The van der Waals surface area contributed by atoms with Crippen molar-refractivity contribution < 1.29 is 9.90 Å². The van der Waals surface area contributed by atoms with Gasteiger partial charge in [-0.3, -0.25) is 4.79 Å². The highest BCUT2D eigenvalue weighted by Gasteiger charge is 2.01. The van der Waals surface area contributed by atoms with Gasteiger partial charge in [0.05, 0.1) is 6.61 Å². The molecule has 0 aliphatic heterocycles.